The largest absolute Gasteiger partial charge is 0.392 e. The van der Waals surface area contributed by atoms with Crippen molar-refractivity contribution in [3.8, 4) is 0 Å². The van der Waals surface area contributed by atoms with E-state index in [1.807, 2.05) is 0 Å². The lowest BCUT2D eigenvalue weighted by atomic mass is 10.4. The molecule has 0 radical (unpaired) electrons. The van der Waals surface area contributed by atoms with E-state index in [9.17, 15) is 8.42 Å². The fourth-order valence-electron chi connectivity index (χ4n) is 1.17. The van der Waals surface area contributed by atoms with E-state index in [2.05, 4.69) is 41.9 Å². The first kappa shape index (κ1) is 16.5. The SMILES string of the molecule is CC(O)CNCCNS(=O)(=O)c1cc(Br)sc1Br. The average Bonchev–Trinajstić information content (AvgIpc) is 2.57. The third-order valence-electron chi connectivity index (χ3n) is 1.95. The van der Waals surface area contributed by atoms with Gasteiger partial charge in [-0.25, -0.2) is 13.1 Å². The van der Waals surface area contributed by atoms with Crippen LogP contribution < -0.4 is 10.0 Å². The van der Waals surface area contributed by atoms with Crippen LogP contribution >= 0.6 is 43.2 Å². The Morgan fingerprint density at radius 3 is 2.61 bits per heavy atom. The molecule has 1 rings (SSSR count). The van der Waals surface area contributed by atoms with E-state index in [0.29, 0.717) is 16.9 Å². The molecular formula is C9H14Br2N2O3S2. The Labute approximate surface area is 127 Å². The van der Waals surface area contributed by atoms with Crippen LogP contribution in [0.15, 0.2) is 18.5 Å². The normalized spacial score (nSPS) is 13.8. The second-order valence-electron chi connectivity index (χ2n) is 3.64. The van der Waals surface area contributed by atoms with E-state index < -0.39 is 16.1 Å². The van der Waals surface area contributed by atoms with Crippen LogP contribution in [0, 0.1) is 0 Å². The smallest absolute Gasteiger partial charge is 0.242 e. The lowest BCUT2D eigenvalue weighted by Gasteiger charge is -2.08. The third kappa shape index (κ3) is 5.24. The molecule has 0 aliphatic carbocycles. The summed E-state index contributed by atoms with van der Waals surface area (Å²) in [5.41, 5.74) is 0. The van der Waals surface area contributed by atoms with E-state index in [4.69, 9.17) is 5.11 Å². The first-order valence-corrected chi connectivity index (χ1v) is 9.05. The zero-order chi connectivity index (χ0) is 13.8. The molecule has 18 heavy (non-hydrogen) atoms. The molecule has 1 heterocycles. The molecule has 0 spiro atoms. The molecule has 5 nitrogen and oxygen atoms in total. The topological polar surface area (TPSA) is 78.4 Å². The summed E-state index contributed by atoms with van der Waals surface area (Å²) < 4.78 is 27.7. The number of halogens is 2. The van der Waals surface area contributed by atoms with Crippen LogP contribution in [0.4, 0.5) is 0 Å². The van der Waals surface area contributed by atoms with Gasteiger partial charge in [0.15, 0.2) is 0 Å². The van der Waals surface area contributed by atoms with E-state index in [-0.39, 0.29) is 11.4 Å². The minimum absolute atomic E-state index is 0.231. The summed E-state index contributed by atoms with van der Waals surface area (Å²) in [5.74, 6) is 0. The highest BCUT2D eigenvalue weighted by Gasteiger charge is 2.19. The average molecular weight is 422 g/mol. The van der Waals surface area contributed by atoms with Crippen LogP contribution in [0.5, 0.6) is 0 Å². The van der Waals surface area contributed by atoms with Gasteiger partial charge in [0.05, 0.1) is 13.7 Å². The molecular weight excluding hydrogens is 408 g/mol. The van der Waals surface area contributed by atoms with Gasteiger partial charge >= 0.3 is 0 Å². The van der Waals surface area contributed by atoms with Crippen LogP contribution in [0.3, 0.4) is 0 Å². The van der Waals surface area contributed by atoms with Crippen molar-refractivity contribution >= 4 is 53.2 Å². The number of sulfonamides is 1. The summed E-state index contributed by atoms with van der Waals surface area (Å²) >= 11 is 7.77. The fraction of sp³-hybridized carbons (Fsp3) is 0.556. The van der Waals surface area contributed by atoms with Crippen molar-refractivity contribution < 1.29 is 13.5 Å². The molecule has 1 aromatic heterocycles. The fourth-order valence-corrected chi connectivity index (χ4v) is 6.01. The van der Waals surface area contributed by atoms with Gasteiger partial charge in [0.2, 0.25) is 10.0 Å². The van der Waals surface area contributed by atoms with Gasteiger partial charge in [-0.3, -0.25) is 0 Å². The minimum atomic E-state index is -3.49. The van der Waals surface area contributed by atoms with Gasteiger partial charge < -0.3 is 10.4 Å². The number of hydrogen-bond acceptors (Lipinski definition) is 5. The molecule has 0 bridgehead atoms. The highest BCUT2D eigenvalue weighted by atomic mass is 79.9. The number of thiophene rings is 1. The molecule has 0 fully saturated rings. The second-order valence-corrected chi connectivity index (χ2v) is 9.12. The van der Waals surface area contributed by atoms with Gasteiger partial charge in [0.1, 0.15) is 4.90 Å². The summed E-state index contributed by atoms with van der Waals surface area (Å²) in [4.78, 5) is 0.231. The lowest BCUT2D eigenvalue weighted by Crippen LogP contribution is -2.34. The Morgan fingerprint density at radius 1 is 1.44 bits per heavy atom. The van der Waals surface area contributed by atoms with Crippen LogP contribution in [0.1, 0.15) is 6.92 Å². The van der Waals surface area contributed by atoms with Gasteiger partial charge in [-0.2, -0.15) is 0 Å². The quantitative estimate of drug-likeness (QED) is 0.583. The maximum Gasteiger partial charge on any atom is 0.242 e. The summed E-state index contributed by atoms with van der Waals surface area (Å²) in [5, 5.41) is 12.0. The maximum atomic E-state index is 11.9. The molecule has 0 aliphatic rings. The van der Waals surface area contributed by atoms with Crippen molar-refractivity contribution in [2.24, 2.45) is 0 Å². The molecule has 1 aromatic rings. The van der Waals surface area contributed by atoms with Crippen LogP contribution in [-0.4, -0.2) is 39.3 Å². The standard InChI is InChI=1S/C9H14Br2N2O3S2/c1-6(14)5-12-2-3-13-18(15,16)7-4-8(10)17-9(7)11/h4,6,12-14H,2-3,5H2,1H3. The van der Waals surface area contributed by atoms with Crippen molar-refractivity contribution in [2.45, 2.75) is 17.9 Å². The van der Waals surface area contributed by atoms with E-state index in [1.165, 1.54) is 11.3 Å². The number of aliphatic hydroxyl groups is 1. The molecule has 1 unspecified atom stereocenters. The van der Waals surface area contributed by atoms with Crippen LogP contribution in [0.2, 0.25) is 0 Å². The zero-order valence-corrected chi connectivity index (χ0v) is 14.4. The second kappa shape index (κ2) is 7.32. The summed E-state index contributed by atoms with van der Waals surface area (Å²) in [6.07, 6.45) is -0.441. The zero-order valence-electron chi connectivity index (χ0n) is 9.61. The predicted molar refractivity (Wildman–Crippen MR) is 79.5 cm³/mol. The first-order valence-electron chi connectivity index (χ1n) is 5.16. The Bertz CT molecular complexity index is 488. The number of rotatable bonds is 7. The monoisotopic (exact) mass is 420 g/mol. The summed E-state index contributed by atoms with van der Waals surface area (Å²) in [6.45, 7) is 2.84. The Morgan fingerprint density at radius 2 is 2.11 bits per heavy atom. The van der Waals surface area contributed by atoms with Crippen molar-refractivity contribution in [3.63, 3.8) is 0 Å². The third-order valence-corrected chi connectivity index (χ3v) is 6.16. The molecule has 0 aromatic carbocycles. The van der Waals surface area contributed by atoms with Crippen molar-refractivity contribution in [3.05, 3.63) is 13.6 Å². The minimum Gasteiger partial charge on any atom is -0.392 e. The van der Waals surface area contributed by atoms with Crippen molar-refractivity contribution in [1.29, 1.82) is 0 Å². The van der Waals surface area contributed by atoms with Gasteiger partial charge in [-0.05, 0) is 44.8 Å². The molecule has 104 valence electrons. The molecule has 0 saturated heterocycles. The Balaban J connectivity index is 2.48. The lowest BCUT2D eigenvalue weighted by molar-refractivity contribution is 0.192. The van der Waals surface area contributed by atoms with E-state index in [1.54, 1.807) is 13.0 Å². The highest BCUT2D eigenvalue weighted by molar-refractivity contribution is 9.12. The number of hydrogen-bond donors (Lipinski definition) is 3. The Hall–Kier alpha value is 0.490. The van der Waals surface area contributed by atoms with Gasteiger partial charge in [-0.1, -0.05) is 0 Å². The van der Waals surface area contributed by atoms with Crippen molar-refractivity contribution in [2.75, 3.05) is 19.6 Å². The van der Waals surface area contributed by atoms with Gasteiger partial charge in [-0.15, -0.1) is 11.3 Å². The summed E-state index contributed by atoms with van der Waals surface area (Å²) in [6, 6.07) is 1.56. The molecule has 0 aliphatic heterocycles. The summed E-state index contributed by atoms with van der Waals surface area (Å²) in [7, 11) is -3.49. The van der Waals surface area contributed by atoms with Crippen molar-refractivity contribution in [1.82, 2.24) is 10.0 Å². The van der Waals surface area contributed by atoms with Gasteiger partial charge in [0.25, 0.3) is 0 Å². The molecule has 9 heteroatoms. The highest BCUT2D eigenvalue weighted by Crippen LogP contribution is 2.34. The molecule has 0 saturated carbocycles. The number of aliphatic hydroxyl groups excluding tert-OH is 1. The van der Waals surface area contributed by atoms with Crippen LogP contribution in [0.25, 0.3) is 0 Å². The van der Waals surface area contributed by atoms with Gasteiger partial charge in [0, 0.05) is 19.6 Å². The molecule has 1 atom stereocenters. The molecule has 3 N–H and O–H groups in total. The molecule has 0 amide bonds. The Kier molecular flexibility index (Phi) is 6.73. The van der Waals surface area contributed by atoms with Crippen LogP contribution in [-0.2, 0) is 10.0 Å². The predicted octanol–water partition coefficient (Wildman–Crippen LogP) is 1.52. The van der Waals surface area contributed by atoms with E-state index in [0.717, 1.165) is 3.79 Å². The van der Waals surface area contributed by atoms with E-state index >= 15 is 0 Å². The maximum absolute atomic E-state index is 11.9. The first-order chi connectivity index (χ1) is 8.33. The number of nitrogens with one attached hydrogen (secondary N) is 2.